The summed E-state index contributed by atoms with van der Waals surface area (Å²) in [7, 11) is 5.58. The molecule has 1 aliphatic rings. The fraction of sp³-hybridized carbons (Fsp3) is 0.375. The zero-order chi connectivity index (χ0) is 27.8. The van der Waals surface area contributed by atoms with Crippen LogP contribution in [-0.4, -0.2) is 57.2 Å². The fourth-order valence-electron chi connectivity index (χ4n) is 4.87. The standard InChI is InChI=1S/C32H39N3O4/c1-23-11-15-25(16-12-23)31(32(37)33-21-28-9-7-19-39-28)35(22-26-8-5-6-10-29(26)38-4)30(36)20-24-13-17-27(18-14-24)34(2)3/h5-6,8,10-18,28,31H,7,9,19-22H2,1-4H3,(H,33,37). The van der Waals surface area contributed by atoms with Gasteiger partial charge >= 0.3 is 0 Å². The lowest BCUT2D eigenvalue weighted by Gasteiger charge is -2.32. The molecule has 0 aromatic heterocycles. The van der Waals surface area contributed by atoms with E-state index in [1.807, 2.05) is 98.7 Å². The van der Waals surface area contributed by atoms with E-state index in [2.05, 4.69) is 5.32 Å². The number of ether oxygens (including phenoxy) is 2. The van der Waals surface area contributed by atoms with Gasteiger partial charge in [0, 0.05) is 38.5 Å². The van der Waals surface area contributed by atoms with Crippen LogP contribution >= 0.6 is 0 Å². The number of para-hydroxylation sites is 1. The second-order valence-electron chi connectivity index (χ2n) is 10.3. The molecule has 0 bridgehead atoms. The van der Waals surface area contributed by atoms with Crippen LogP contribution in [0.15, 0.2) is 72.8 Å². The van der Waals surface area contributed by atoms with Crippen LogP contribution in [0.1, 0.15) is 41.1 Å². The molecule has 1 fully saturated rings. The van der Waals surface area contributed by atoms with Gasteiger partial charge in [0.1, 0.15) is 11.8 Å². The van der Waals surface area contributed by atoms with Crippen LogP contribution < -0.4 is 15.0 Å². The van der Waals surface area contributed by atoms with Crippen LogP contribution in [0.3, 0.4) is 0 Å². The third-order valence-electron chi connectivity index (χ3n) is 7.14. The fourth-order valence-corrected chi connectivity index (χ4v) is 4.87. The molecule has 1 saturated heterocycles. The van der Waals surface area contributed by atoms with Gasteiger partial charge in [0.25, 0.3) is 0 Å². The summed E-state index contributed by atoms with van der Waals surface area (Å²) in [5.74, 6) is 0.310. The zero-order valence-electron chi connectivity index (χ0n) is 23.4. The van der Waals surface area contributed by atoms with Gasteiger partial charge in [-0.3, -0.25) is 9.59 Å². The van der Waals surface area contributed by atoms with Crippen molar-refractivity contribution in [2.45, 2.75) is 44.9 Å². The van der Waals surface area contributed by atoms with Gasteiger partial charge in [-0.2, -0.15) is 0 Å². The Hall–Kier alpha value is -3.84. The van der Waals surface area contributed by atoms with Crippen molar-refractivity contribution in [3.63, 3.8) is 0 Å². The van der Waals surface area contributed by atoms with E-state index in [9.17, 15) is 9.59 Å². The molecule has 3 aromatic carbocycles. The van der Waals surface area contributed by atoms with Gasteiger partial charge in [0.15, 0.2) is 0 Å². The largest absolute Gasteiger partial charge is 0.496 e. The molecule has 0 radical (unpaired) electrons. The second-order valence-corrected chi connectivity index (χ2v) is 10.3. The number of carbonyl (C=O) groups is 2. The third kappa shape index (κ3) is 7.39. The number of nitrogens with zero attached hydrogens (tertiary/aromatic N) is 2. The maximum Gasteiger partial charge on any atom is 0.247 e. The van der Waals surface area contributed by atoms with Crippen LogP contribution in [-0.2, 0) is 27.3 Å². The smallest absolute Gasteiger partial charge is 0.247 e. The Morgan fingerprint density at radius 3 is 2.38 bits per heavy atom. The highest BCUT2D eigenvalue weighted by Gasteiger charge is 2.33. The van der Waals surface area contributed by atoms with Crippen LogP contribution in [0.25, 0.3) is 0 Å². The molecule has 2 amide bonds. The molecule has 7 heteroatoms. The molecule has 1 N–H and O–H groups in total. The Morgan fingerprint density at radius 2 is 1.74 bits per heavy atom. The van der Waals surface area contributed by atoms with Gasteiger partial charge in [-0.05, 0) is 49.1 Å². The maximum atomic E-state index is 14.1. The molecule has 7 nitrogen and oxygen atoms in total. The maximum absolute atomic E-state index is 14.1. The van der Waals surface area contributed by atoms with Gasteiger partial charge in [-0.15, -0.1) is 0 Å². The second kappa shape index (κ2) is 13.3. The van der Waals surface area contributed by atoms with Gasteiger partial charge in [-0.25, -0.2) is 0 Å². The molecule has 1 aliphatic heterocycles. The van der Waals surface area contributed by atoms with Crippen molar-refractivity contribution in [2.24, 2.45) is 0 Å². The van der Waals surface area contributed by atoms with Crippen molar-refractivity contribution >= 4 is 17.5 Å². The van der Waals surface area contributed by atoms with E-state index in [1.165, 1.54) is 0 Å². The van der Waals surface area contributed by atoms with E-state index >= 15 is 0 Å². The number of benzene rings is 3. The summed E-state index contributed by atoms with van der Waals surface area (Å²) in [5.41, 5.74) is 4.62. The van der Waals surface area contributed by atoms with Gasteiger partial charge in [-0.1, -0.05) is 60.2 Å². The van der Waals surface area contributed by atoms with Crippen molar-refractivity contribution in [1.82, 2.24) is 10.2 Å². The summed E-state index contributed by atoms with van der Waals surface area (Å²) >= 11 is 0. The third-order valence-corrected chi connectivity index (χ3v) is 7.14. The van der Waals surface area contributed by atoms with Crippen molar-refractivity contribution in [3.05, 3.63) is 95.1 Å². The first kappa shape index (κ1) is 28.2. The number of carbonyl (C=O) groups excluding carboxylic acids is 2. The molecule has 206 valence electrons. The monoisotopic (exact) mass is 529 g/mol. The molecule has 3 aromatic rings. The summed E-state index contributed by atoms with van der Waals surface area (Å²) in [6, 6.07) is 22.5. The lowest BCUT2D eigenvalue weighted by molar-refractivity contribution is -0.141. The predicted molar refractivity (Wildman–Crippen MR) is 154 cm³/mol. The van der Waals surface area contributed by atoms with Crippen molar-refractivity contribution in [1.29, 1.82) is 0 Å². The highest BCUT2D eigenvalue weighted by atomic mass is 16.5. The summed E-state index contributed by atoms with van der Waals surface area (Å²) in [4.78, 5) is 31.6. The predicted octanol–water partition coefficient (Wildman–Crippen LogP) is 4.68. The van der Waals surface area contributed by atoms with Crippen molar-refractivity contribution in [2.75, 3.05) is 39.3 Å². The van der Waals surface area contributed by atoms with Crippen LogP contribution in [0.4, 0.5) is 5.69 Å². The molecule has 0 spiro atoms. The first-order valence-corrected chi connectivity index (χ1v) is 13.5. The van der Waals surface area contributed by atoms with E-state index in [-0.39, 0.29) is 30.9 Å². The number of anilines is 1. The Morgan fingerprint density at radius 1 is 1.03 bits per heavy atom. The molecule has 0 saturated carbocycles. The molecule has 0 aliphatic carbocycles. The minimum absolute atomic E-state index is 0.00111. The lowest BCUT2D eigenvalue weighted by Crippen LogP contribution is -2.45. The summed E-state index contributed by atoms with van der Waals surface area (Å²) in [5, 5.41) is 3.08. The molecule has 2 unspecified atom stereocenters. The SMILES string of the molecule is COc1ccccc1CN(C(=O)Cc1ccc(N(C)C)cc1)C(C(=O)NCC1CCCO1)c1ccc(C)cc1. The van der Waals surface area contributed by atoms with Crippen LogP contribution in [0.2, 0.25) is 0 Å². The summed E-state index contributed by atoms with van der Waals surface area (Å²) in [6.07, 6.45) is 2.08. The van der Waals surface area contributed by atoms with E-state index in [0.29, 0.717) is 18.9 Å². The Labute approximate surface area is 231 Å². The number of rotatable bonds is 11. The van der Waals surface area contributed by atoms with Gasteiger partial charge in [0.2, 0.25) is 11.8 Å². The number of nitrogens with one attached hydrogen (secondary N) is 1. The minimum atomic E-state index is -0.814. The molecule has 39 heavy (non-hydrogen) atoms. The van der Waals surface area contributed by atoms with Crippen molar-refractivity contribution < 1.29 is 19.1 Å². The van der Waals surface area contributed by atoms with E-state index in [4.69, 9.17) is 9.47 Å². The highest BCUT2D eigenvalue weighted by Crippen LogP contribution is 2.29. The van der Waals surface area contributed by atoms with E-state index in [1.54, 1.807) is 12.0 Å². The number of hydrogen-bond acceptors (Lipinski definition) is 5. The van der Waals surface area contributed by atoms with Gasteiger partial charge < -0.3 is 24.6 Å². The lowest BCUT2D eigenvalue weighted by atomic mass is 10.00. The summed E-state index contributed by atoms with van der Waals surface area (Å²) in [6.45, 7) is 3.37. The minimum Gasteiger partial charge on any atom is -0.496 e. The molecule has 1 heterocycles. The summed E-state index contributed by atoms with van der Waals surface area (Å²) < 4.78 is 11.3. The average Bonchev–Trinajstić information content (AvgIpc) is 3.47. The quantitative estimate of drug-likeness (QED) is 0.391. The Balaban J connectivity index is 1.68. The molecular formula is C32H39N3O4. The average molecular weight is 530 g/mol. The number of methoxy groups -OCH3 is 1. The zero-order valence-corrected chi connectivity index (χ0v) is 23.4. The van der Waals surface area contributed by atoms with Crippen molar-refractivity contribution in [3.8, 4) is 5.75 Å². The topological polar surface area (TPSA) is 71.1 Å². The first-order chi connectivity index (χ1) is 18.9. The van der Waals surface area contributed by atoms with Crippen LogP contribution in [0, 0.1) is 6.92 Å². The number of hydrogen-bond donors (Lipinski definition) is 1. The molecule has 4 rings (SSSR count). The highest BCUT2D eigenvalue weighted by molar-refractivity contribution is 5.89. The first-order valence-electron chi connectivity index (χ1n) is 13.5. The van der Waals surface area contributed by atoms with Gasteiger partial charge in [0.05, 0.1) is 26.2 Å². The van der Waals surface area contributed by atoms with E-state index in [0.717, 1.165) is 40.8 Å². The van der Waals surface area contributed by atoms with Crippen LogP contribution in [0.5, 0.6) is 5.75 Å². The number of aryl methyl sites for hydroxylation is 1. The van der Waals surface area contributed by atoms with E-state index < -0.39 is 6.04 Å². The molecule has 2 atom stereocenters. The Bertz CT molecular complexity index is 1240. The molecular weight excluding hydrogens is 490 g/mol. The number of amides is 2. The Kier molecular flexibility index (Phi) is 9.60. The normalized spacial score (nSPS) is 15.4.